The molecule has 25 heavy (non-hydrogen) atoms. The zero-order valence-corrected chi connectivity index (χ0v) is 14.4. The fraction of sp³-hybridized carbons (Fsp3) is 0.500. The average molecular weight is 342 g/mol. The van der Waals surface area contributed by atoms with Gasteiger partial charge in [0.05, 0.1) is 13.2 Å². The highest BCUT2D eigenvalue weighted by Crippen LogP contribution is 2.20. The lowest BCUT2D eigenvalue weighted by molar-refractivity contribution is -0.150. The molecule has 1 fully saturated rings. The summed E-state index contributed by atoms with van der Waals surface area (Å²) >= 11 is 0. The van der Waals surface area contributed by atoms with Gasteiger partial charge in [-0.15, -0.1) is 0 Å². The molecule has 1 aromatic heterocycles. The largest absolute Gasteiger partial charge is 0.366 e. The summed E-state index contributed by atoms with van der Waals surface area (Å²) in [5.74, 6) is 1.28. The maximum absolute atomic E-state index is 12.9. The zero-order valence-electron chi connectivity index (χ0n) is 14.4. The van der Waals surface area contributed by atoms with Crippen LogP contribution in [0.5, 0.6) is 0 Å². The Labute approximate surface area is 146 Å². The normalized spacial score (nSPS) is 21.2. The molecule has 2 aliphatic heterocycles. The van der Waals surface area contributed by atoms with Gasteiger partial charge in [0.15, 0.2) is 5.82 Å². The minimum Gasteiger partial charge on any atom is -0.366 e. The fourth-order valence-corrected chi connectivity index (χ4v) is 3.49. The van der Waals surface area contributed by atoms with Gasteiger partial charge in [-0.3, -0.25) is 9.69 Å². The molecule has 1 unspecified atom stereocenters. The highest BCUT2D eigenvalue weighted by atomic mass is 16.5. The molecule has 132 valence electrons. The van der Waals surface area contributed by atoms with Crippen LogP contribution < -0.4 is 0 Å². The van der Waals surface area contributed by atoms with E-state index in [1.54, 1.807) is 6.92 Å². The summed E-state index contributed by atoms with van der Waals surface area (Å²) in [6, 6.07) is 8.32. The van der Waals surface area contributed by atoms with E-state index in [4.69, 9.17) is 9.26 Å². The van der Waals surface area contributed by atoms with E-state index in [1.807, 2.05) is 11.0 Å². The van der Waals surface area contributed by atoms with E-state index in [0.29, 0.717) is 38.0 Å². The van der Waals surface area contributed by atoms with Crippen LogP contribution in [0, 0.1) is 6.92 Å². The second kappa shape index (κ2) is 6.93. The minimum absolute atomic E-state index is 0.0727. The minimum atomic E-state index is -0.424. The van der Waals surface area contributed by atoms with Crippen LogP contribution >= 0.6 is 0 Å². The van der Waals surface area contributed by atoms with Crippen molar-refractivity contribution in [2.24, 2.45) is 0 Å². The van der Waals surface area contributed by atoms with Crippen LogP contribution in [0.4, 0.5) is 0 Å². The zero-order chi connectivity index (χ0) is 17.2. The van der Waals surface area contributed by atoms with Crippen molar-refractivity contribution in [1.29, 1.82) is 0 Å². The van der Waals surface area contributed by atoms with E-state index in [0.717, 1.165) is 19.5 Å². The van der Waals surface area contributed by atoms with Crippen LogP contribution in [0.3, 0.4) is 0 Å². The summed E-state index contributed by atoms with van der Waals surface area (Å²) in [4.78, 5) is 21.2. The Balaban J connectivity index is 1.38. The molecule has 7 nitrogen and oxygen atoms in total. The number of ether oxygens (including phenoxy) is 1. The van der Waals surface area contributed by atoms with Crippen LogP contribution in [0.15, 0.2) is 28.8 Å². The Bertz CT molecular complexity index is 760. The van der Waals surface area contributed by atoms with Crippen molar-refractivity contribution in [3.8, 4) is 0 Å². The molecule has 2 aromatic rings. The summed E-state index contributed by atoms with van der Waals surface area (Å²) in [5.41, 5.74) is 2.57. The number of aromatic nitrogens is 2. The molecule has 0 spiro atoms. The number of aryl methyl sites for hydroxylation is 1. The van der Waals surface area contributed by atoms with Gasteiger partial charge in [0.2, 0.25) is 5.89 Å². The molecule has 0 N–H and O–H groups in total. The van der Waals surface area contributed by atoms with E-state index >= 15 is 0 Å². The lowest BCUT2D eigenvalue weighted by Gasteiger charge is -2.36. The third-order valence-corrected chi connectivity index (χ3v) is 4.80. The standard InChI is InChI=1S/C18H22N4O3/c1-13-19-17(20-25-13)12-21-8-9-24-16(11-21)18(23)22-7-6-14-4-2-3-5-15(14)10-22/h2-5,16H,6-12H2,1H3. The summed E-state index contributed by atoms with van der Waals surface area (Å²) < 4.78 is 10.8. The van der Waals surface area contributed by atoms with E-state index in [1.165, 1.54) is 11.1 Å². The smallest absolute Gasteiger partial charge is 0.253 e. The van der Waals surface area contributed by atoms with Gasteiger partial charge < -0.3 is 14.2 Å². The van der Waals surface area contributed by atoms with Gasteiger partial charge in [0, 0.05) is 33.1 Å². The molecular weight excluding hydrogens is 320 g/mol. The van der Waals surface area contributed by atoms with Gasteiger partial charge in [-0.1, -0.05) is 29.4 Å². The SMILES string of the molecule is Cc1nc(CN2CCOC(C(=O)N3CCc4ccccc4C3)C2)no1. The van der Waals surface area contributed by atoms with Crippen LogP contribution in [-0.2, 0) is 29.0 Å². The van der Waals surface area contributed by atoms with E-state index in [-0.39, 0.29) is 5.91 Å². The number of amides is 1. The second-order valence-electron chi connectivity index (χ2n) is 6.60. The molecule has 1 saturated heterocycles. The highest BCUT2D eigenvalue weighted by molar-refractivity contribution is 5.81. The first-order chi connectivity index (χ1) is 12.2. The molecule has 1 amide bonds. The number of benzene rings is 1. The molecule has 1 aromatic carbocycles. The molecule has 2 aliphatic rings. The first kappa shape index (κ1) is 16.2. The third kappa shape index (κ3) is 3.57. The summed E-state index contributed by atoms with van der Waals surface area (Å²) in [5, 5.41) is 3.93. The van der Waals surface area contributed by atoms with E-state index in [9.17, 15) is 4.79 Å². The highest BCUT2D eigenvalue weighted by Gasteiger charge is 2.32. The Hall–Kier alpha value is -2.25. The number of fused-ring (bicyclic) bond motifs is 1. The molecule has 7 heteroatoms. The Morgan fingerprint density at radius 1 is 1.28 bits per heavy atom. The lowest BCUT2D eigenvalue weighted by atomic mass is 9.99. The van der Waals surface area contributed by atoms with Crippen molar-refractivity contribution >= 4 is 5.91 Å². The van der Waals surface area contributed by atoms with Crippen molar-refractivity contribution in [2.45, 2.75) is 32.5 Å². The van der Waals surface area contributed by atoms with Crippen LogP contribution in [-0.4, -0.2) is 58.2 Å². The van der Waals surface area contributed by atoms with Gasteiger partial charge in [0.1, 0.15) is 6.10 Å². The number of rotatable bonds is 3. The fourth-order valence-electron chi connectivity index (χ4n) is 3.49. The summed E-state index contributed by atoms with van der Waals surface area (Å²) in [6.07, 6.45) is 0.479. The maximum Gasteiger partial charge on any atom is 0.253 e. The van der Waals surface area contributed by atoms with E-state index < -0.39 is 6.10 Å². The Morgan fingerprint density at radius 3 is 2.92 bits per heavy atom. The molecule has 1 atom stereocenters. The monoisotopic (exact) mass is 342 g/mol. The number of hydrogen-bond acceptors (Lipinski definition) is 6. The Morgan fingerprint density at radius 2 is 2.12 bits per heavy atom. The first-order valence-electron chi connectivity index (χ1n) is 8.68. The molecule has 0 radical (unpaired) electrons. The van der Waals surface area contributed by atoms with Crippen LogP contribution in [0.2, 0.25) is 0 Å². The molecular formula is C18H22N4O3. The number of hydrogen-bond donors (Lipinski definition) is 0. The molecule has 0 aliphatic carbocycles. The van der Waals surface area contributed by atoms with Gasteiger partial charge in [-0.05, 0) is 17.5 Å². The summed E-state index contributed by atoms with van der Waals surface area (Å²) in [6.45, 7) is 5.63. The second-order valence-corrected chi connectivity index (χ2v) is 6.60. The van der Waals surface area contributed by atoms with E-state index in [2.05, 4.69) is 33.2 Å². The van der Waals surface area contributed by atoms with Gasteiger partial charge >= 0.3 is 0 Å². The van der Waals surface area contributed by atoms with Crippen molar-refractivity contribution in [3.05, 3.63) is 47.1 Å². The van der Waals surface area contributed by atoms with Gasteiger partial charge in [0.25, 0.3) is 5.91 Å². The number of carbonyl (C=O) groups is 1. The Kier molecular flexibility index (Phi) is 4.50. The molecule has 3 heterocycles. The predicted octanol–water partition coefficient (Wildman–Crippen LogP) is 1.16. The average Bonchev–Trinajstić information content (AvgIpc) is 3.05. The third-order valence-electron chi connectivity index (χ3n) is 4.80. The van der Waals surface area contributed by atoms with Crippen molar-refractivity contribution in [3.63, 3.8) is 0 Å². The quantitative estimate of drug-likeness (QED) is 0.834. The predicted molar refractivity (Wildman–Crippen MR) is 89.6 cm³/mol. The first-order valence-corrected chi connectivity index (χ1v) is 8.68. The number of morpholine rings is 1. The number of nitrogens with zero attached hydrogens (tertiary/aromatic N) is 4. The maximum atomic E-state index is 12.9. The van der Waals surface area contributed by atoms with Crippen molar-refractivity contribution in [1.82, 2.24) is 19.9 Å². The van der Waals surface area contributed by atoms with Crippen molar-refractivity contribution in [2.75, 3.05) is 26.2 Å². The van der Waals surface area contributed by atoms with Crippen LogP contribution in [0.25, 0.3) is 0 Å². The van der Waals surface area contributed by atoms with Gasteiger partial charge in [-0.25, -0.2) is 0 Å². The summed E-state index contributed by atoms with van der Waals surface area (Å²) in [7, 11) is 0. The molecule has 0 bridgehead atoms. The molecule has 0 saturated carbocycles. The van der Waals surface area contributed by atoms with Crippen LogP contribution in [0.1, 0.15) is 22.8 Å². The topological polar surface area (TPSA) is 71.7 Å². The van der Waals surface area contributed by atoms with Gasteiger partial charge in [-0.2, -0.15) is 4.98 Å². The molecule has 4 rings (SSSR count). The lowest BCUT2D eigenvalue weighted by Crippen LogP contribution is -2.51. The number of carbonyl (C=O) groups excluding carboxylic acids is 1. The van der Waals surface area contributed by atoms with Crippen molar-refractivity contribution < 1.29 is 14.1 Å².